The molecular weight excluding hydrogens is 830 g/mol. The quantitative estimate of drug-likeness (QED) is 0.211. The molecule has 6 fully saturated rings. The fourth-order valence-electron chi connectivity index (χ4n) is 11.5. The fraction of sp³-hybridized carbons (Fsp3) is 0.741. The third-order valence-electron chi connectivity index (χ3n) is 15.0. The van der Waals surface area contributed by atoms with Gasteiger partial charge < -0.3 is 0 Å². The van der Waals surface area contributed by atoms with E-state index in [1.54, 1.807) is 5.71 Å². The molecule has 0 spiro atoms. The molecule has 2 saturated heterocycles. The van der Waals surface area contributed by atoms with Crippen LogP contribution in [0.25, 0.3) is 0 Å². The van der Waals surface area contributed by atoms with Crippen molar-refractivity contribution in [3.05, 3.63) is 58.7 Å². The molecule has 4 bridgehead atoms. The van der Waals surface area contributed by atoms with Crippen LogP contribution in [-0.4, -0.2) is 86.1 Å². The Labute approximate surface area is 394 Å². The Morgan fingerprint density at radius 3 is 1.29 bits per heavy atom. The molecule has 6 aliphatic rings. The highest BCUT2D eigenvalue weighted by molar-refractivity contribution is 7.80. The molecule has 2 aromatic carbocycles. The largest absolute Gasteiger partial charge is 0.266 e. The predicted molar refractivity (Wildman–Crippen MR) is 281 cm³/mol. The first-order valence-electron chi connectivity index (χ1n) is 25.5. The summed E-state index contributed by atoms with van der Waals surface area (Å²) in [6.45, 7) is 41.6. The van der Waals surface area contributed by atoms with Crippen molar-refractivity contribution in [2.45, 2.75) is 209 Å². The summed E-state index contributed by atoms with van der Waals surface area (Å²) in [5, 5.41) is 0. The number of halogens is 1. The number of hydrogen-bond acceptors (Lipinski definition) is 6. The van der Waals surface area contributed by atoms with Gasteiger partial charge in [-0.3, -0.25) is 28.7 Å². The van der Waals surface area contributed by atoms with E-state index in [4.69, 9.17) is 21.2 Å². The van der Waals surface area contributed by atoms with E-state index in [0.29, 0.717) is 59.4 Å². The average molecular weight is 920 g/mol. The monoisotopic (exact) mass is 919 g/mol. The number of rotatable bonds is 11. The fourth-order valence-corrected chi connectivity index (χ4v) is 18.2. The standard InChI is InChI=1S/C27H44N3P.C19H27N.C8H18ClN2P/c1-17(2)23-10-9-11-24(18(3)4)26(23)28-25-21-12-13-22(16-21)27(25)31-29(19(5)6)14-15-30(31)20(7)8;1-12(2)16-6-5-7-17(13(3)4)19(16)20-18-11-14-8-9-15(18)10-14;1-7(2)10-5-6-11(8(3)4)12(10)9/h9-11,17-22,27H,12-16H2,1-8H3;5-7,12-15H,8-11H2,1-4H3;7-8H,5-6H2,1-4H3. The first-order chi connectivity index (χ1) is 29.8. The summed E-state index contributed by atoms with van der Waals surface area (Å²) in [4.78, 5) is 10.9. The third kappa shape index (κ3) is 11.6. The number of para-hydroxylation sites is 2. The Kier molecular flexibility index (Phi) is 18.1. The second kappa shape index (κ2) is 22.3. The zero-order chi connectivity index (χ0) is 46.0. The molecule has 0 amide bonds. The Morgan fingerprint density at radius 1 is 0.508 bits per heavy atom. The van der Waals surface area contributed by atoms with E-state index >= 15 is 0 Å². The summed E-state index contributed by atoms with van der Waals surface area (Å²) in [5.74, 6) is 5.38. The SMILES string of the molecule is CC(C)N1CCN(C(C)C)P1Cl.CC(C)c1cccc(C(C)C)c1N=C1C2CCC(C2)C1P1N(C(C)C)CCN1C(C)C.CC(C)c1cccc(C(C)C)c1N=C1CC2CCC1C2. The summed E-state index contributed by atoms with van der Waals surface area (Å²) >= 11 is 6.35. The van der Waals surface area contributed by atoms with Crippen molar-refractivity contribution >= 4 is 49.8 Å². The van der Waals surface area contributed by atoms with Crippen LogP contribution in [0.4, 0.5) is 11.4 Å². The van der Waals surface area contributed by atoms with Gasteiger partial charge in [0, 0.05) is 75.7 Å². The van der Waals surface area contributed by atoms with Gasteiger partial charge >= 0.3 is 0 Å². The maximum Gasteiger partial charge on any atom is 0.140 e. The van der Waals surface area contributed by atoms with Crippen LogP contribution in [0, 0.1) is 23.7 Å². The first-order valence-corrected chi connectivity index (χ1v) is 29.0. The molecule has 8 rings (SSSR count). The first kappa shape index (κ1) is 51.2. The Hall–Kier alpha value is -1.23. The second-order valence-electron chi connectivity index (χ2n) is 22.2. The maximum atomic E-state index is 6.35. The molecule has 63 heavy (non-hydrogen) atoms. The normalized spacial score (nSPS) is 27.4. The smallest absolute Gasteiger partial charge is 0.140 e. The van der Waals surface area contributed by atoms with Crippen molar-refractivity contribution in [1.82, 2.24) is 18.7 Å². The van der Waals surface area contributed by atoms with Gasteiger partial charge in [-0.15, -0.1) is 0 Å². The Bertz CT molecular complexity index is 1790. The molecule has 2 aliphatic heterocycles. The van der Waals surface area contributed by atoms with Crippen LogP contribution in [0.3, 0.4) is 0 Å². The lowest BCUT2D eigenvalue weighted by Crippen LogP contribution is -2.37. The summed E-state index contributed by atoms with van der Waals surface area (Å²) in [6, 6.07) is 16.0. The van der Waals surface area contributed by atoms with E-state index in [0.717, 1.165) is 30.8 Å². The lowest BCUT2D eigenvalue weighted by atomic mass is 9.92. The van der Waals surface area contributed by atoms with Gasteiger partial charge in [0.15, 0.2) is 0 Å². The lowest BCUT2D eigenvalue weighted by molar-refractivity contribution is 0.390. The third-order valence-corrected chi connectivity index (χ3v) is 21.9. The van der Waals surface area contributed by atoms with Crippen LogP contribution in [0.15, 0.2) is 46.4 Å². The van der Waals surface area contributed by atoms with E-state index in [9.17, 15) is 0 Å². The minimum Gasteiger partial charge on any atom is -0.266 e. The highest BCUT2D eigenvalue weighted by Crippen LogP contribution is 2.64. The van der Waals surface area contributed by atoms with Crippen molar-refractivity contribution < 1.29 is 0 Å². The number of nitrogens with zero attached hydrogens (tertiary/aromatic N) is 6. The lowest BCUT2D eigenvalue weighted by Gasteiger charge is -2.42. The van der Waals surface area contributed by atoms with Crippen LogP contribution < -0.4 is 0 Å². The highest BCUT2D eigenvalue weighted by atomic mass is 35.7. The van der Waals surface area contributed by atoms with Crippen LogP contribution >= 0.6 is 27.0 Å². The molecule has 5 atom stereocenters. The van der Waals surface area contributed by atoms with E-state index in [1.165, 1.54) is 97.4 Å². The molecule has 6 nitrogen and oxygen atoms in total. The van der Waals surface area contributed by atoms with Crippen LogP contribution in [0.1, 0.15) is 202 Å². The molecule has 2 heterocycles. The molecule has 0 radical (unpaired) electrons. The number of benzene rings is 2. The number of hydrogen-bond donors (Lipinski definition) is 0. The molecule has 4 aliphatic carbocycles. The van der Waals surface area contributed by atoms with Gasteiger partial charge in [-0.05, 0) is 170 Å². The van der Waals surface area contributed by atoms with Gasteiger partial charge in [0.1, 0.15) is 7.58 Å². The van der Waals surface area contributed by atoms with E-state index in [-0.39, 0.29) is 8.22 Å². The van der Waals surface area contributed by atoms with E-state index in [1.807, 2.05) is 0 Å². The molecule has 0 N–H and O–H groups in total. The van der Waals surface area contributed by atoms with E-state index < -0.39 is 7.58 Å². The van der Waals surface area contributed by atoms with Crippen molar-refractivity contribution in [3.8, 4) is 0 Å². The minimum atomic E-state index is -0.532. The second-order valence-corrected chi connectivity index (χ2v) is 26.9. The highest BCUT2D eigenvalue weighted by Gasteiger charge is 2.53. The van der Waals surface area contributed by atoms with Crippen molar-refractivity contribution in [3.63, 3.8) is 0 Å². The molecule has 4 saturated carbocycles. The van der Waals surface area contributed by atoms with Crippen LogP contribution in [0.5, 0.6) is 0 Å². The molecule has 352 valence electrons. The molecule has 5 unspecified atom stereocenters. The zero-order valence-corrected chi connectivity index (χ0v) is 45.2. The van der Waals surface area contributed by atoms with E-state index in [2.05, 4.69) is 166 Å². The summed E-state index contributed by atoms with van der Waals surface area (Å²) in [5.41, 5.74) is 12.0. The van der Waals surface area contributed by atoms with Gasteiger partial charge in [0.2, 0.25) is 0 Å². The molecular formula is C54H89ClN6P2. The Balaban J connectivity index is 0.000000176. The molecule has 2 aromatic rings. The minimum absolute atomic E-state index is 0.316. The summed E-state index contributed by atoms with van der Waals surface area (Å²) < 4.78 is 10.5. The zero-order valence-electron chi connectivity index (χ0n) is 42.7. The van der Waals surface area contributed by atoms with Crippen molar-refractivity contribution in [2.75, 3.05) is 26.2 Å². The van der Waals surface area contributed by atoms with Crippen molar-refractivity contribution in [2.24, 2.45) is 33.7 Å². The Morgan fingerprint density at radius 2 is 0.921 bits per heavy atom. The maximum absolute atomic E-state index is 6.35. The predicted octanol–water partition coefficient (Wildman–Crippen LogP) is 16.3. The van der Waals surface area contributed by atoms with Crippen LogP contribution in [0.2, 0.25) is 0 Å². The van der Waals surface area contributed by atoms with Gasteiger partial charge in [-0.2, -0.15) is 0 Å². The van der Waals surface area contributed by atoms with Crippen molar-refractivity contribution in [1.29, 1.82) is 0 Å². The van der Waals surface area contributed by atoms with Crippen LogP contribution in [-0.2, 0) is 0 Å². The topological polar surface area (TPSA) is 37.7 Å². The van der Waals surface area contributed by atoms with Gasteiger partial charge in [-0.1, -0.05) is 103 Å². The summed E-state index contributed by atoms with van der Waals surface area (Å²) in [6.07, 6.45) is 9.62. The van der Waals surface area contributed by atoms with Gasteiger partial charge in [0.25, 0.3) is 0 Å². The number of fused-ring (bicyclic) bond motifs is 4. The average Bonchev–Trinajstić information content (AvgIpc) is 4.09. The molecule has 9 heteroatoms. The van der Waals surface area contributed by atoms with Gasteiger partial charge in [0.05, 0.1) is 11.4 Å². The van der Waals surface area contributed by atoms with Gasteiger partial charge in [-0.25, -0.2) is 0 Å². The summed E-state index contributed by atoms with van der Waals surface area (Å²) in [7, 11) is -0.848. The number of aliphatic imine (C=N–C) groups is 2. The molecule has 0 aromatic heterocycles.